The molecule has 1 aliphatic heterocycles. The second-order valence-corrected chi connectivity index (χ2v) is 7.72. The van der Waals surface area contributed by atoms with Crippen LogP contribution >= 0.6 is 11.3 Å². The van der Waals surface area contributed by atoms with Gasteiger partial charge in [-0.25, -0.2) is 9.18 Å². The van der Waals surface area contributed by atoms with E-state index < -0.39 is 11.8 Å². The number of carboxylic acid groups (broad SMARTS) is 1. The molecule has 1 aromatic heterocycles. The Morgan fingerprint density at radius 3 is 2.52 bits per heavy atom. The Labute approximate surface area is 170 Å². The first kappa shape index (κ1) is 19.1. The molecule has 0 saturated carbocycles. The summed E-state index contributed by atoms with van der Waals surface area (Å²) in [5.41, 5.74) is 2.37. The summed E-state index contributed by atoms with van der Waals surface area (Å²) in [5, 5.41) is 12.6. The number of amides is 1. The molecule has 5 nitrogen and oxygen atoms in total. The summed E-state index contributed by atoms with van der Waals surface area (Å²) in [7, 11) is 0. The van der Waals surface area contributed by atoms with Crippen molar-refractivity contribution in [3.63, 3.8) is 0 Å². The van der Waals surface area contributed by atoms with Crippen molar-refractivity contribution >= 4 is 28.9 Å². The average molecular weight is 411 g/mol. The fourth-order valence-corrected chi connectivity index (χ4v) is 4.81. The van der Waals surface area contributed by atoms with Crippen molar-refractivity contribution in [2.24, 2.45) is 0 Å². The quantitative estimate of drug-likeness (QED) is 0.611. The summed E-state index contributed by atoms with van der Waals surface area (Å²) in [6, 6.07) is 13.1. The minimum Gasteiger partial charge on any atom is -0.494 e. The van der Waals surface area contributed by atoms with Crippen LogP contribution in [0.4, 0.5) is 10.1 Å². The van der Waals surface area contributed by atoms with Crippen LogP contribution in [0.2, 0.25) is 0 Å². The van der Waals surface area contributed by atoms with E-state index in [-0.39, 0.29) is 23.1 Å². The lowest BCUT2D eigenvalue weighted by Crippen LogP contribution is -2.22. The van der Waals surface area contributed by atoms with Gasteiger partial charge in [-0.3, -0.25) is 4.79 Å². The number of hydrogen-bond donors (Lipinski definition) is 2. The molecule has 2 heterocycles. The number of benzene rings is 2. The van der Waals surface area contributed by atoms with Gasteiger partial charge in [0, 0.05) is 22.8 Å². The zero-order valence-electron chi connectivity index (χ0n) is 15.6. The molecule has 0 spiro atoms. The van der Waals surface area contributed by atoms with Gasteiger partial charge >= 0.3 is 5.97 Å². The molecule has 2 N–H and O–H groups in total. The van der Waals surface area contributed by atoms with E-state index in [0.29, 0.717) is 23.4 Å². The van der Waals surface area contributed by atoms with E-state index >= 15 is 0 Å². The molecular weight excluding hydrogens is 393 g/mol. The van der Waals surface area contributed by atoms with Crippen LogP contribution in [0.5, 0.6) is 5.75 Å². The molecule has 4 rings (SSSR count). The van der Waals surface area contributed by atoms with E-state index in [0.717, 1.165) is 27.5 Å². The zero-order chi connectivity index (χ0) is 20.5. The van der Waals surface area contributed by atoms with Gasteiger partial charge in [-0.1, -0.05) is 24.3 Å². The summed E-state index contributed by atoms with van der Waals surface area (Å²) in [6.45, 7) is 2.46. The highest BCUT2D eigenvalue weighted by atomic mass is 32.1. The Morgan fingerprint density at radius 2 is 1.90 bits per heavy atom. The van der Waals surface area contributed by atoms with E-state index in [9.17, 15) is 19.1 Å². The number of fused-ring (bicyclic) bond motifs is 1. The Hall–Kier alpha value is -3.19. The first-order valence-corrected chi connectivity index (χ1v) is 9.98. The minimum absolute atomic E-state index is 0.125. The van der Waals surface area contributed by atoms with Gasteiger partial charge in [0.25, 0.3) is 0 Å². The third kappa shape index (κ3) is 3.61. The first-order valence-electron chi connectivity index (χ1n) is 9.16. The standard InChI is InChI=1S/C22H18FNO4S/c1-2-28-15-9-5-12(6-10-15)16-11-17(25)24-19-18(13-3-7-14(23)8-4-13)21(22(26)27)29-20(16)19/h3-10,16H,2,11H2,1H3,(H,24,25)(H,26,27)/t16-/m1/s1. The lowest BCUT2D eigenvalue weighted by Gasteiger charge is -2.24. The second kappa shape index (κ2) is 7.67. The molecule has 1 amide bonds. The molecule has 1 atom stereocenters. The molecule has 0 radical (unpaired) electrons. The molecule has 2 aromatic carbocycles. The van der Waals surface area contributed by atoms with Gasteiger partial charge in [-0.2, -0.15) is 0 Å². The molecule has 0 saturated heterocycles. The van der Waals surface area contributed by atoms with Crippen LogP contribution in [0.15, 0.2) is 48.5 Å². The monoisotopic (exact) mass is 411 g/mol. The first-order chi connectivity index (χ1) is 14.0. The molecule has 1 aliphatic rings. The molecule has 3 aromatic rings. The van der Waals surface area contributed by atoms with Crippen LogP contribution in [0.1, 0.15) is 39.4 Å². The smallest absolute Gasteiger partial charge is 0.346 e. The number of thiophene rings is 1. The predicted octanol–water partition coefficient (Wildman–Crippen LogP) is 5.13. The molecule has 7 heteroatoms. The van der Waals surface area contributed by atoms with Crippen LogP contribution in [0.25, 0.3) is 11.1 Å². The number of carbonyl (C=O) groups excluding carboxylic acids is 1. The Morgan fingerprint density at radius 1 is 1.21 bits per heavy atom. The summed E-state index contributed by atoms with van der Waals surface area (Å²) < 4.78 is 18.8. The highest BCUT2D eigenvalue weighted by Crippen LogP contribution is 2.49. The van der Waals surface area contributed by atoms with Crippen molar-refractivity contribution in [3.8, 4) is 16.9 Å². The number of nitrogens with one attached hydrogen (secondary N) is 1. The van der Waals surface area contributed by atoms with Gasteiger partial charge < -0.3 is 15.2 Å². The Bertz CT molecular complexity index is 1070. The van der Waals surface area contributed by atoms with Crippen molar-refractivity contribution in [1.82, 2.24) is 0 Å². The SMILES string of the molecule is CCOc1ccc([C@H]2CC(=O)Nc3c2sc(C(=O)O)c3-c2ccc(F)cc2)cc1. The van der Waals surface area contributed by atoms with Crippen LogP contribution in [-0.4, -0.2) is 23.6 Å². The fraction of sp³-hybridized carbons (Fsp3) is 0.182. The normalized spacial score (nSPS) is 15.5. The van der Waals surface area contributed by atoms with E-state index in [1.807, 2.05) is 31.2 Å². The van der Waals surface area contributed by atoms with Gasteiger partial charge in [0.2, 0.25) is 5.91 Å². The van der Waals surface area contributed by atoms with E-state index in [1.165, 1.54) is 24.3 Å². The van der Waals surface area contributed by atoms with Crippen LogP contribution in [0, 0.1) is 5.82 Å². The second-order valence-electron chi connectivity index (χ2n) is 6.66. The number of carboxylic acids is 1. The summed E-state index contributed by atoms with van der Waals surface area (Å²) >= 11 is 1.15. The summed E-state index contributed by atoms with van der Waals surface area (Å²) in [6.07, 6.45) is 0.226. The van der Waals surface area contributed by atoms with Gasteiger partial charge in [0.1, 0.15) is 16.4 Å². The molecule has 0 unspecified atom stereocenters. The van der Waals surface area contributed by atoms with Gasteiger partial charge in [-0.05, 0) is 42.3 Å². The lowest BCUT2D eigenvalue weighted by atomic mass is 9.88. The molecule has 0 aliphatic carbocycles. The fourth-order valence-electron chi connectivity index (χ4n) is 3.56. The largest absolute Gasteiger partial charge is 0.494 e. The minimum atomic E-state index is -1.08. The maximum absolute atomic E-state index is 13.4. The lowest BCUT2D eigenvalue weighted by molar-refractivity contribution is -0.116. The zero-order valence-corrected chi connectivity index (χ0v) is 16.4. The highest BCUT2D eigenvalue weighted by Gasteiger charge is 2.34. The number of rotatable bonds is 5. The molecule has 0 bridgehead atoms. The number of carbonyl (C=O) groups is 2. The van der Waals surface area contributed by atoms with E-state index in [1.54, 1.807) is 0 Å². The number of ether oxygens (including phenoxy) is 1. The number of halogens is 1. The van der Waals surface area contributed by atoms with Gasteiger partial charge in [0.15, 0.2) is 0 Å². The number of aromatic carboxylic acids is 1. The van der Waals surface area contributed by atoms with E-state index in [2.05, 4.69) is 5.32 Å². The average Bonchev–Trinajstić information content (AvgIpc) is 3.08. The Kier molecular flexibility index (Phi) is 5.07. The third-order valence-electron chi connectivity index (χ3n) is 4.83. The maximum Gasteiger partial charge on any atom is 0.346 e. The van der Waals surface area contributed by atoms with Crippen LogP contribution in [-0.2, 0) is 4.79 Å². The van der Waals surface area contributed by atoms with Crippen molar-refractivity contribution < 1.29 is 23.8 Å². The highest BCUT2D eigenvalue weighted by molar-refractivity contribution is 7.15. The summed E-state index contributed by atoms with van der Waals surface area (Å²) in [4.78, 5) is 25.3. The van der Waals surface area contributed by atoms with Gasteiger partial charge in [0.05, 0.1) is 12.3 Å². The van der Waals surface area contributed by atoms with Crippen molar-refractivity contribution in [2.45, 2.75) is 19.3 Å². The van der Waals surface area contributed by atoms with Crippen molar-refractivity contribution in [3.05, 3.63) is 69.7 Å². The van der Waals surface area contributed by atoms with Gasteiger partial charge in [-0.15, -0.1) is 11.3 Å². The number of anilines is 1. The topological polar surface area (TPSA) is 75.6 Å². The Balaban J connectivity index is 1.84. The predicted molar refractivity (Wildman–Crippen MR) is 109 cm³/mol. The molecule has 0 fully saturated rings. The van der Waals surface area contributed by atoms with Crippen molar-refractivity contribution in [1.29, 1.82) is 0 Å². The van der Waals surface area contributed by atoms with Crippen molar-refractivity contribution in [2.75, 3.05) is 11.9 Å². The third-order valence-corrected chi connectivity index (χ3v) is 6.12. The molecule has 29 heavy (non-hydrogen) atoms. The van der Waals surface area contributed by atoms with E-state index in [4.69, 9.17) is 4.74 Å². The van der Waals surface area contributed by atoms with Crippen LogP contribution in [0.3, 0.4) is 0 Å². The number of hydrogen-bond acceptors (Lipinski definition) is 4. The maximum atomic E-state index is 13.4. The summed E-state index contributed by atoms with van der Waals surface area (Å²) in [5.74, 6) is -1.20. The molecule has 148 valence electrons. The molecular formula is C22H18FNO4S. The van der Waals surface area contributed by atoms with Crippen LogP contribution < -0.4 is 10.1 Å².